The summed E-state index contributed by atoms with van der Waals surface area (Å²) in [7, 11) is 0. The number of carbonyl (C=O) groups excluding carboxylic acids is 2. The lowest BCUT2D eigenvalue weighted by Gasteiger charge is -2.34. The van der Waals surface area contributed by atoms with E-state index in [2.05, 4.69) is 15.0 Å². The van der Waals surface area contributed by atoms with E-state index >= 15 is 0 Å². The molecule has 2 amide bonds. The van der Waals surface area contributed by atoms with Gasteiger partial charge in [0.05, 0.1) is 30.7 Å². The third-order valence-electron chi connectivity index (χ3n) is 5.08. The minimum absolute atomic E-state index is 0.109. The zero-order valence-electron chi connectivity index (χ0n) is 15.7. The van der Waals surface area contributed by atoms with Crippen LogP contribution in [0.25, 0.3) is 0 Å². The van der Waals surface area contributed by atoms with Crippen molar-refractivity contribution >= 4 is 11.9 Å². The van der Waals surface area contributed by atoms with E-state index in [0.717, 1.165) is 25.3 Å². The average molecular weight is 384 g/mol. The van der Waals surface area contributed by atoms with Crippen molar-refractivity contribution in [2.45, 2.75) is 6.54 Å². The van der Waals surface area contributed by atoms with Crippen molar-refractivity contribution in [2.24, 2.45) is 0 Å². The molecule has 0 spiro atoms. The van der Waals surface area contributed by atoms with Crippen molar-refractivity contribution in [2.75, 3.05) is 52.5 Å². The molecule has 2 aromatic rings. The van der Waals surface area contributed by atoms with Crippen LogP contribution in [0.3, 0.4) is 0 Å². The Balaban J connectivity index is 1.32. The molecule has 0 atom stereocenters. The molecule has 4 heterocycles. The van der Waals surface area contributed by atoms with Crippen LogP contribution in [0.4, 0.5) is 4.79 Å². The number of hydrogen-bond donors (Lipinski definition) is 0. The molecule has 28 heavy (non-hydrogen) atoms. The Morgan fingerprint density at radius 2 is 1.79 bits per heavy atom. The Bertz CT molecular complexity index is 810. The van der Waals surface area contributed by atoms with E-state index in [1.54, 1.807) is 16.0 Å². The largest absolute Gasteiger partial charge is 0.378 e. The van der Waals surface area contributed by atoms with Crippen molar-refractivity contribution in [3.63, 3.8) is 0 Å². The zero-order chi connectivity index (χ0) is 19.3. The quantitative estimate of drug-likeness (QED) is 0.768. The smallest absolute Gasteiger partial charge is 0.344 e. The predicted octanol–water partition coefficient (Wildman–Crippen LogP) is 0.536. The lowest BCUT2D eigenvalue weighted by atomic mass is 10.2. The van der Waals surface area contributed by atoms with Crippen LogP contribution >= 0.6 is 0 Å². The van der Waals surface area contributed by atoms with Gasteiger partial charge in [0.1, 0.15) is 0 Å². The minimum atomic E-state index is -0.196. The first-order chi connectivity index (χ1) is 13.7. The maximum Gasteiger partial charge on any atom is 0.344 e. The van der Waals surface area contributed by atoms with Gasteiger partial charge in [0.15, 0.2) is 0 Å². The summed E-state index contributed by atoms with van der Waals surface area (Å²) < 4.78 is 6.54. The number of rotatable bonds is 3. The number of piperazine rings is 1. The molecule has 0 unspecified atom stereocenters. The first-order valence-corrected chi connectivity index (χ1v) is 9.54. The number of ether oxygens (including phenoxy) is 1. The lowest BCUT2D eigenvalue weighted by molar-refractivity contribution is 0.0303. The molecule has 0 saturated carbocycles. The third kappa shape index (κ3) is 4.20. The second-order valence-electron chi connectivity index (χ2n) is 6.94. The highest BCUT2D eigenvalue weighted by Gasteiger charge is 2.25. The minimum Gasteiger partial charge on any atom is -0.378 e. The van der Waals surface area contributed by atoms with Gasteiger partial charge in [0.25, 0.3) is 5.91 Å². The fourth-order valence-corrected chi connectivity index (χ4v) is 3.45. The summed E-state index contributed by atoms with van der Waals surface area (Å²) in [6.07, 6.45) is 4.79. The average Bonchev–Trinajstić information content (AvgIpc) is 3.25. The van der Waals surface area contributed by atoms with Crippen LogP contribution in [0, 0.1) is 0 Å². The molecule has 2 aliphatic heterocycles. The molecule has 2 saturated heterocycles. The van der Waals surface area contributed by atoms with Crippen LogP contribution in [0.2, 0.25) is 0 Å². The second kappa shape index (κ2) is 8.49. The van der Waals surface area contributed by atoms with Crippen LogP contribution in [0.15, 0.2) is 36.8 Å². The standard InChI is InChI=1S/C19H24N6O3/c26-18(23-9-11-28-12-10-23)16-13-21-25(14-16)19(27)24-7-5-22(6-8-24)15-17-3-1-2-4-20-17/h1-4,13-14H,5-12,15H2. The molecule has 0 aliphatic carbocycles. The molecule has 2 fully saturated rings. The number of carbonyl (C=O) groups is 2. The summed E-state index contributed by atoms with van der Waals surface area (Å²) in [6.45, 7) is 5.81. The Morgan fingerprint density at radius 1 is 1.00 bits per heavy atom. The monoisotopic (exact) mass is 384 g/mol. The predicted molar refractivity (Wildman–Crippen MR) is 101 cm³/mol. The molecule has 0 N–H and O–H groups in total. The zero-order valence-corrected chi connectivity index (χ0v) is 15.7. The van der Waals surface area contributed by atoms with Gasteiger partial charge < -0.3 is 14.5 Å². The van der Waals surface area contributed by atoms with Crippen LogP contribution in [-0.2, 0) is 11.3 Å². The summed E-state index contributed by atoms with van der Waals surface area (Å²) in [5, 5.41) is 4.12. The van der Waals surface area contributed by atoms with Crippen molar-refractivity contribution in [3.05, 3.63) is 48.0 Å². The number of morpholine rings is 1. The van der Waals surface area contributed by atoms with Gasteiger partial charge in [0.2, 0.25) is 0 Å². The normalized spacial score (nSPS) is 18.3. The van der Waals surface area contributed by atoms with Crippen LogP contribution in [0.1, 0.15) is 16.1 Å². The molecule has 9 nitrogen and oxygen atoms in total. The first-order valence-electron chi connectivity index (χ1n) is 9.54. The Labute approximate surface area is 163 Å². The first kappa shape index (κ1) is 18.6. The summed E-state index contributed by atoms with van der Waals surface area (Å²) in [5.74, 6) is -0.109. The molecular weight excluding hydrogens is 360 g/mol. The van der Waals surface area contributed by atoms with Crippen LogP contribution in [-0.4, -0.2) is 93.9 Å². The van der Waals surface area contributed by atoms with Crippen molar-refractivity contribution in [3.8, 4) is 0 Å². The topological polar surface area (TPSA) is 83.8 Å². The fraction of sp³-hybridized carbons (Fsp3) is 0.474. The molecule has 4 rings (SSSR count). The van der Waals surface area contributed by atoms with Gasteiger partial charge >= 0.3 is 6.03 Å². The summed E-state index contributed by atoms with van der Waals surface area (Å²) in [4.78, 5) is 35.4. The molecule has 148 valence electrons. The molecule has 2 aromatic heterocycles. The van der Waals surface area contributed by atoms with E-state index in [1.807, 2.05) is 18.2 Å². The summed E-state index contributed by atoms with van der Waals surface area (Å²) in [6, 6.07) is 5.70. The van der Waals surface area contributed by atoms with Crippen molar-refractivity contribution in [1.29, 1.82) is 0 Å². The van der Waals surface area contributed by atoms with Crippen LogP contribution in [0.5, 0.6) is 0 Å². The van der Waals surface area contributed by atoms with E-state index in [0.29, 0.717) is 45.0 Å². The molecule has 0 aromatic carbocycles. The summed E-state index contributed by atoms with van der Waals surface area (Å²) >= 11 is 0. The molecule has 9 heteroatoms. The number of aromatic nitrogens is 3. The van der Waals surface area contributed by atoms with Crippen LogP contribution < -0.4 is 0 Å². The molecule has 0 radical (unpaired) electrons. The number of pyridine rings is 1. The van der Waals surface area contributed by atoms with E-state index < -0.39 is 0 Å². The second-order valence-corrected chi connectivity index (χ2v) is 6.94. The number of hydrogen-bond acceptors (Lipinski definition) is 6. The highest BCUT2D eigenvalue weighted by Crippen LogP contribution is 2.10. The molecular formula is C19H24N6O3. The van der Waals surface area contributed by atoms with Crippen molar-refractivity contribution in [1.82, 2.24) is 29.5 Å². The van der Waals surface area contributed by atoms with Gasteiger partial charge in [-0.05, 0) is 12.1 Å². The van der Waals surface area contributed by atoms with Crippen molar-refractivity contribution < 1.29 is 14.3 Å². The number of amides is 2. The van der Waals surface area contributed by atoms with Gasteiger partial charge in [-0.1, -0.05) is 6.07 Å². The van der Waals surface area contributed by atoms with Gasteiger partial charge in [-0.2, -0.15) is 9.78 Å². The van der Waals surface area contributed by atoms with E-state index in [4.69, 9.17) is 4.74 Å². The summed E-state index contributed by atoms with van der Waals surface area (Å²) in [5.41, 5.74) is 1.46. The highest BCUT2D eigenvalue weighted by molar-refractivity contribution is 5.94. The maximum atomic E-state index is 12.7. The van der Waals surface area contributed by atoms with Gasteiger partial charge in [-0.3, -0.25) is 14.7 Å². The van der Waals surface area contributed by atoms with Gasteiger partial charge in [0, 0.05) is 58.2 Å². The SMILES string of the molecule is O=C(c1cnn(C(=O)N2CCN(Cc3ccccn3)CC2)c1)N1CCOCC1. The lowest BCUT2D eigenvalue weighted by Crippen LogP contribution is -2.49. The number of nitrogens with zero attached hydrogens (tertiary/aromatic N) is 6. The highest BCUT2D eigenvalue weighted by atomic mass is 16.5. The van der Waals surface area contributed by atoms with Gasteiger partial charge in [-0.15, -0.1) is 0 Å². The fourth-order valence-electron chi connectivity index (χ4n) is 3.45. The van der Waals surface area contributed by atoms with E-state index in [-0.39, 0.29) is 11.9 Å². The Morgan fingerprint density at radius 3 is 2.50 bits per heavy atom. The Hall–Kier alpha value is -2.78. The molecule has 2 aliphatic rings. The van der Waals surface area contributed by atoms with E-state index in [9.17, 15) is 9.59 Å². The molecule has 0 bridgehead atoms. The van der Waals surface area contributed by atoms with Gasteiger partial charge in [-0.25, -0.2) is 4.79 Å². The Kier molecular flexibility index (Phi) is 5.63. The third-order valence-corrected chi connectivity index (χ3v) is 5.08. The van der Waals surface area contributed by atoms with E-state index in [1.165, 1.54) is 17.1 Å². The maximum absolute atomic E-state index is 12.7.